The monoisotopic (exact) mass is 347 g/mol. The predicted octanol–water partition coefficient (Wildman–Crippen LogP) is 3.10. The van der Waals surface area contributed by atoms with Crippen LogP contribution in [0.1, 0.15) is 32.3 Å². The zero-order chi connectivity index (χ0) is 17.3. The molecule has 0 saturated carbocycles. The molecule has 0 unspecified atom stereocenters. The van der Waals surface area contributed by atoms with Crippen LogP contribution < -0.4 is 4.74 Å². The summed E-state index contributed by atoms with van der Waals surface area (Å²) in [6, 6.07) is 7.37. The Balaban J connectivity index is 1.75. The molecule has 2 aliphatic rings. The third-order valence-corrected chi connectivity index (χ3v) is 5.79. The maximum atomic E-state index is 12.6. The number of ether oxygens (including phenoxy) is 2. The summed E-state index contributed by atoms with van der Waals surface area (Å²) in [6.07, 6.45) is 1.24. The second kappa shape index (κ2) is 6.89. The Morgan fingerprint density at radius 1 is 1.33 bits per heavy atom. The molecule has 5 nitrogen and oxygen atoms in total. The number of hydrogen-bond acceptors (Lipinski definition) is 5. The fraction of sp³-hybridized carbons (Fsp3) is 0.444. The first-order valence-corrected chi connectivity index (χ1v) is 9.00. The number of rotatable bonds is 5. The van der Waals surface area contributed by atoms with Crippen LogP contribution in [0.3, 0.4) is 0 Å². The van der Waals surface area contributed by atoms with Crippen LogP contribution in [0.4, 0.5) is 0 Å². The molecule has 0 radical (unpaired) electrons. The Bertz CT molecular complexity index is 683. The van der Waals surface area contributed by atoms with E-state index in [4.69, 9.17) is 9.47 Å². The molecule has 3 rings (SSSR count). The van der Waals surface area contributed by atoms with Crippen LogP contribution in [0.5, 0.6) is 5.75 Å². The molecule has 1 saturated heterocycles. The van der Waals surface area contributed by atoms with Crippen molar-refractivity contribution in [3.8, 4) is 5.75 Å². The fourth-order valence-electron chi connectivity index (χ4n) is 3.05. The van der Waals surface area contributed by atoms with Crippen LogP contribution in [0.2, 0.25) is 0 Å². The van der Waals surface area contributed by atoms with Gasteiger partial charge in [-0.25, -0.2) is 4.79 Å². The highest BCUT2D eigenvalue weighted by atomic mass is 32.2. The Hall–Kier alpha value is -1.95. The first-order valence-electron chi connectivity index (χ1n) is 8.05. The lowest BCUT2D eigenvalue weighted by Crippen LogP contribution is -2.55. The largest absolute Gasteiger partial charge is 0.497 e. The third kappa shape index (κ3) is 3.02. The number of thioether (sulfide) groups is 1. The minimum Gasteiger partial charge on any atom is -0.497 e. The van der Waals surface area contributed by atoms with Crippen molar-refractivity contribution in [2.75, 3.05) is 7.11 Å². The standard InChI is InChI=1S/C18H21NO4S/c1-4-14-11(2)24-16-9-15(20)19(16)17(14)18(21)23-10-12-5-7-13(22-3)8-6-12/h5-8,11,16H,4,9-10H2,1-3H3/t11-,16+/m0/s1. The average Bonchev–Trinajstić information content (AvgIpc) is 2.59. The first kappa shape index (κ1) is 16.9. The first-order chi connectivity index (χ1) is 11.5. The summed E-state index contributed by atoms with van der Waals surface area (Å²) >= 11 is 1.74. The summed E-state index contributed by atoms with van der Waals surface area (Å²) in [5.74, 6) is 0.350. The number of esters is 1. The molecule has 6 heteroatoms. The number of β-lactam (4-membered cyclic amide) rings is 1. The average molecular weight is 347 g/mol. The van der Waals surface area contributed by atoms with Crippen molar-refractivity contribution < 1.29 is 19.1 Å². The topological polar surface area (TPSA) is 55.8 Å². The van der Waals surface area contributed by atoms with E-state index in [0.29, 0.717) is 12.1 Å². The molecule has 0 N–H and O–H groups in total. The van der Waals surface area contributed by atoms with E-state index in [1.165, 1.54) is 0 Å². The molecule has 0 aromatic heterocycles. The van der Waals surface area contributed by atoms with Gasteiger partial charge in [0.1, 0.15) is 18.1 Å². The minimum atomic E-state index is -0.409. The lowest BCUT2D eigenvalue weighted by atomic mass is 10.0. The van der Waals surface area contributed by atoms with Crippen molar-refractivity contribution in [2.45, 2.75) is 43.9 Å². The molecule has 0 spiro atoms. The van der Waals surface area contributed by atoms with Crippen molar-refractivity contribution >= 4 is 23.6 Å². The summed E-state index contributed by atoms with van der Waals surface area (Å²) in [4.78, 5) is 26.2. The van der Waals surface area contributed by atoms with Gasteiger partial charge in [0, 0.05) is 5.25 Å². The van der Waals surface area contributed by atoms with Crippen LogP contribution in [0.25, 0.3) is 0 Å². The van der Waals surface area contributed by atoms with Gasteiger partial charge in [0.2, 0.25) is 5.91 Å². The van der Waals surface area contributed by atoms with Crippen molar-refractivity contribution in [3.05, 3.63) is 41.1 Å². The number of amides is 1. The number of hydrogen-bond donors (Lipinski definition) is 0. The van der Waals surface area contributed by atoms with Crippen molar-refractivity contribution in [2.24, 2.45) is 0 Å². The van der Waals surface area contributed by atoms with Gasteiger partial charge in [0.05, 0.1) is 18.9 Å². The summed E-state index contributed by atoms with van der Waals surface area (Å²) in [6.45, 7) is 4.27. The Morgan fingerprint density at radius 2 is 2.04 bits per heavy atom. The Morgan fingerprint density at radius 3 is 2.62 bits per heavy atom. The zero-order valence-corrected chi connectivity index (χ0v) is 14.9. The van der Waals surface area contributed by atoms with Gasteiger partial charge >= 0.3 is 5.97 Å². The molecule has 1 amide bonds. The zero-order valence-electron chi connectivity index (χ0n) is 14.1. The van der Waals surface area contributed by atoms with Crippen molar-refractivity contribution in [1.29, 1.82) is 0 Å². The van der Waals surface area contributed by atoms with Gasteiger partial charge in [0.25, 0.3) is 0 Å². The van der Waals surface area contributed by atoms with Gasteiger partial charge in [-0.2, -0.15) is 0 Å². The molecule has 2 atom stereocenters. The normalized spacial score (nSPS) is 22.8. The van der Waals surface area contributed by atoms with Gasteiger partial charge in [-0.15, -0.1) is 11.8 Å². The quantitative estimate of drug-likeness (QED) is 0.605. The second-order valence-corrected chi connectivity index (χ2v) is 7.38. The molecule has 2 heterocycles. The van der Waals surface area contributed by atoms with Crippen molar-refractivity contribution in [3.63, 3.8) is 0 Å². The molecule has 24 heavy (non-hydrogen) atoms. The van der Waals surface area contributed by atoms with Gasteiger partial charge in [-0.05, 0) is 36.6 Å². The van der Waals surface area contributed by atoms with E-state index in [2.05, 4.69) is 6.92 Å². The molecule has 128 valence electrons. The number of methoxy groups -OCH3 is 1. The highest BCUT2D eigenvalue weighted by Crippen LogP contribution is 2.44. The Kier molecular flexibility index (Phi) is 4.85. The van der Waals surface area contributed by atoms with E-state index in [9.17, 15) is 9.59 Å². The summed E-state index contributed by atoms with van der Waals surface area (Å²) < 4.78 is 10.6. The van der Waals surface area contributed by atoms with Crippen LogP contribution in [0.15, 0.2) is 35.5 Å². The van der Waals surface area contributed by atoms with E-state index >= 15 is 0 Å². The predicted molar refractivity (Wildman–Crippen MR) is 92.4 cm³/mol. The maximum Gasteiger partial charge on any atom is 0.355 e. The summed E-state index contributed by atoms with van der Waals surface area (Å²) in [7, 11) is 1.61. The Labute approximate surface area is 146 Å². The van der Waals surface area contributed by atoms with Gasteiger partial charge < -0.3 is 9.47 Å². The number of carbonyl (C=O) groups excluding carboxylic acids is 2. The minimum absolute atomic E-state index is 0.00162. The smallest absolute Gasteiger partial charge is 0.355 e. The second-order valence-electron chi connectivity index (χ2n) is 5.85. The fourth-order valence-corrected chi connectivity index (χ4v) is 4.55. The summed E-state index contributed by atoms with van der Waals surface area (Å²) in [5.41, 5.74) is 2.33. The summed E-state index contributed by atoms with van der Waals surface area (Å²) in [5, 5.41) is 0.305. The van der Waals surface area contributed by atoms with Gasteiger partial charge in [-0.3, -0.25) is 9.69 Å². The van der Waals surface area contributed by atoms with Crippen LogP contribution in [-0.4, -0.2) is 34.5 Å². The molecular weight excluding hydrogens is 326 g/mol. The van der Waals surface area contributed by atoms with E-state index in [1.54, 1.807) is 23.8 Å². The lowest BCUT2D eigenvalue weighted by Gasteiger charge is -2.46. The SMILES string of the molecule is CCC1=C(C(=O)OCc2ccc(OC)cc2)N2C(=O)C[C@H]2S[C@H]1C. The lowest BCUT2D eigenvalue weighted by molar-refractivity contribution is -0.150. The highest BCUT2D eigenvalue weighted by Gasteiger charge is 2.47. The molecule has 0 aliphatic carbocycles. The highest BCUT2D eigenvalue weighted by molar-refractivity contribution is 8.00. The number of benzene rings is 1. The van der Waals surface area contributed by atoms with E-state index in [1.807, 2.05) is 31.2 Å². The molecule has 1 aromatic rings. The number of fused-ring (bicyclic) bond motifs is 1. The third-order valence-electron chi connectivity index (χ3n) is 4.41. The van der Waals surface area contributed by atoms with E-state index in [0.717, 1.165) is 23.3 Å². The maximum absolute atomic E-state index is 12.6. The van der Waals surface area contributed by atoms with Crippen molar-refractivity contribution in [1.82, 2.24) is 4.90 Å². The van der Waals surface area contributed by atoms with Crippen LogP contribution in [-0.2, 0) is 20.9 Å². The number of carbonyl (C=O) groups is 2. The van der Waals surface area contributed by atoms with Crippen LogP contribution >= 0.6 is 11.8 Å². The molecule has 0 bridgehead atoms. The van der Waals surface area contributed by atoms with Crippen LogP contribution in [0, 0.1) is 0 Å². The van der Waals surface area contributed by atoms with Gasteiger partial charge in [0.15, 0.2) is 0 Å². The van der Waals surface area contributed by atoms with E-state index < -0.39 is 5.97 Å². The molecule has 1 fully saturated rings. The van der Waals surface area contributed by atoms with E-state index in [-0.39, 0.29) is 23.1 Å². The molecular formula is C18H21NO4S. The molecule has 2 aliphatic heterocycles. The number of nitrogens with zero attached hydrogens (tertiary/aromatic N) is 1. The van der Waals surface area contributed by atoms with Gasteiger partial charge in [-0.1, -0.05) is 19.1 Å². The molecule has 1 aromatic carbocycles.